The van der Waals surface area contributed by atoms with Gasteiger partial charge in [0.2, 0.25) is 0 Å². The SMILES string of the molecule is Cc1ccc(OCNc2cc(Cl)c(C)c(Cl)c2O)cc1. The van der Waals surface area contributed by atoms with E-state index in [-0.39, 0.29) is 17.5 Å². The van der Waals surface area contributed by atoms with E-state index in [0.717, 1.165) is 5.75 Å². The molecule has 0 fully saturated rings. The zero-order valence-corrected chi connectivity index (χ0v) is 12.7. The van der Waals surface area contributed by atoms with Gasteiger partial charge in [0.25, 0.3) is 0 Å². The van der Waals surface area contributed by atoms with E-state index in [0.29, 0.717) is 16.3 Å². The van der Waals surface area contributed by atoms with Gasteiger partial charge in [0.1, 0.15) is 5.75 Å². The van der Waals surface area contributed by atoms with E-state index in [1.165, 1.54) is 5.56 Å². The monoisotopic (exact) mass is 311 g/mol. The Labute approximate surface area is 128 Å². The highest BCUT2D eigenvalue weighted by atomic mass is 35.5. The Kier molecular flexibility index (Phi) is 4.63. The van der Waals surface area contributed by atoms with Crippen molar-refractivity contribution < 1.29 is 9.84 Å². The van der Waals surface area contributed by atoms with E-state index >= 15 is 0 Å². The van der Waals surface area contributed by atoms with Gasteiger partial charge in [-0.2, -0.15) is 0 Å². The Bertz CT molecular complexity index is 612. The number of anilines is 1. The molecule has 0 saturated heterocycles. The fourth-order valence-corrected chi connectivity index (χ4v) is 2.13. The lowest BCUT2D eigenvalue weighted by Gasteiger charge is -2.13. The molecule has 0 amide bonds. The van der Waals surface area contributed by atoms with Gasteiger partial charge in [-0.15, -0.1) is 0 Å². The van der Waals surface area contributed by atoms with Crippen molar-refractivity contribution in [3.8, 4) is 11.5 Å². The average molecular weight is 312 g/mol. The first-order chi connectivity index (χ1) is 9.49. The van der Waals surface area contributed by atoms with E-state index in [1.807, 2.05) is 31.2 Å². The van der Waals surface area contributed by atoms with Crippen LogP contribution in [0.1, 0.15) is 11.1 Å². The van der Waals surface area contributed by atoms with Gasteiger partial charge in [0.15, 0.2) is 12.5 Å². The van der Waals surface area contributed by atoms with Gasteiger partial charge in [-0.1, -0.05) is 40.9 Å². The minimum Gasteiger partial charge on any atom is -0.504 e. The molecular formula is C15H15Cl2NO2. The number of aromatic hydroxyl groups is 1. The van der Waals surface area contributed by atoms with Crippen molar-refractivity contribution in [1.82, 2.24) is 0 Å². The summed E-state index contributed by atoms with van der Waals surface area (Å²) >= 11 is 12.0. The third-order valence-corrected chi connectivity index (χ3v) is 3.80. The van der Waals surface area contributed by atoms with Gasteiger partial charge >= 0.3 is 0 Å². The standard InChI is InChI=1S/C15H15Cl2NO2/c1-9-3-5-11(6-4-9)20-8-18-13-7-12(16)10(2)14(17)15(13)19/h3-7,18-19H,8H2,1-2H3. The lowest BCUT2D eigenvalue weighted by atomic mass is 10.2. The number of nitrogens with one attached hydrogen (secondary N) is 1. The van der Waals surface area contributed by atoms with Gasteiger partial charge in [0.05, 0.1) is 10.7 Å². The Morgan fingerprint density at radius 3 is 2.45 bits per heavy atom. The summed E-state index contributed by atoms with van der Waals surface area (Å²) in [5.74, 6) is 0.716. The highest BCUT2D eigenvalue weighted by Gasteiger charge is 2.12. The van der Waals surface area contributed by atoms with Gasteiger partial charge < -0.3 is 15.2 Å². The zero-order valence-electron chi connectivity index (χ0n) is 11.2. The fourth-order valence-electron chi connectivity index (χ4n) is 1.67. The first kappa shape index (κ1) is 14.8. The number of halogens is 2. The average Bonchev–Trinajstić information content (AvgIpc) is 2.44. The molecule has 0 spiro atoms. The summed E-state index contributed by atoms with van der Waals surface area (Å²) in [7, 11) is 0. The van der Waals surface area contributed by atoms with E-state index in [4.69, 9.17) is 27.9 Å². The number of phenols is 1. The van der Waals surface area contributed by atoms with Gasteiger partial charge in [-0.05, 0) is 37.6 Å². The number of hydrogen-bond acceptors (Lipinski definition) is 3. The molecule has 2 aromatic carbocycles. The lowest BCUT2D eigenvalue weighted by Crippen LogP contribution is -2.09. The van der Waals surface area contributed by atoms with E-state index < -0.39 is 0 Å². The molecule has 0 atom stereocenters. The summed E-state index contributed by atoms with van der Waals surface area (Å²) in [4.78, 5) is 0. The largest absolute Gasteiger partial charge is 0.504 e. The minimum absolute atomic E-state index is 0.0268. The minimum atomic E-state index is -0.0268. The predicted octanol–water partition coefficient (Wildman–Crippen LogP) is 4.76. The van der Waals surface area contributed by atoms with Crippen LogP contribution in [0.15, 0.2) is 30.3 Å². The Balaban J connectivity index is 2.03. The number of aryl methyl sites for hydroxylation is 1. The summed E-state index contributed by atoms with van der Waals surface area (Å²) in [6, 6.07) is 9.31. The first-order valence-corrected chi connectivity index (χ1v) is 6.85. The van der Waals surface area contributed by atoms with Crippen molar-refractivity contribution in [2.24, 2.45) is 0 Å². The normalized spacial score (nSPS) is 10.4. The molecule has 2 N–H and O–H groups in total. The third kappa shape index (κ3) is 3.30. The number of ether oxygens (including phenoxy) is 1. The molecule has 5 heteroatoms. The Hall–Kier alpha value is -1.58. The Morgan fingerprint density at radius 1 is 1.15 bits per heavy atom. The summed E-state index contributed by atoms with van der Waals surface area (Å²) in [6.07, 6.45) is 0. The maximum atomic E-state index is 9.93. The highest BCUT2D eigenvalue weighted by molar-refractivity contribution is 6.37. The van der Waals surface area contributed by atoms with Crippen molar-refractivity contribution in [2.45, 2.75) is 13.8 Å². The molecule has 0 unspecified atom stereocenters. The fraction of sp³-hybridized carbons (Fsp3) is 0.200. The first-order valence-electron chi connectivity index (χ1n) is 6.10. The molecule has 0 aliphatic carbocycles. The molecule has 0 heterocycles. The maximum Gasteiger partial charge on any atom is 0.159 e. The second-order valence-electron chi connectivity index (χ2n) is 4.47. The Morgan fingerprint density at radius 2 is 1.80 bits per heavy atom. The summed E-state index contributed by atoms with van der Waals surface area (Å²) in [6.45, 7) is 3.96. The van der Waals surface area contributed by atoms with Crippen LogP contribution in [0.5, 0.6) is 11.5 Å². The molecule has 0 aliphatic heterocycles. The molecular weight excluding hydrogens is 297 g/mol. The molecule has 2 aromatic rings. The van der Waals surface area contributed by atoms with Crippen LogP contribution in [0.4, 0.5) is 5.69 Å². The molecule has 0 saturated carbocycles. The van der Waals surface area contributed by atoms with Crippen LogP contribution >= 0.6 is 23.2 Å². The number of phenolic OH excluding ortho intramolecular Hbond substituents is 1. The number of benzene rings is 2. The van der Waals surface area contributed by atoms with Crippen LogP contribution in [0.2, 0.25) is 10.0 Å². The van der Waals surface area contributed by atoms with E-state index in [2.05, 4.69) is 5.32 Å². The molecule has 0 aromatic heterocycles. The van der Waals surface area contributed by atoms with Crippen LogP contribution < -0.4 is 10.1 Å². The van der Waals surface area contributed by atoms with Crippen LogP contribution in [0.3, 0.4) is 0 Å². The van der Waals surface area contributed by atoms with Crippen LogP contribution in [0, 0.1) is 13.8 Å². The summed E-state index contributed by atoms with van der Waals surface area (Å²) in [5, 5.41) is 13.6. The van der Waals surface area contributed by atoms with Crippen molar-refractivity contribution in [1.29, 1.82) is 0 Å². The molecule has 20 heavy (non-hydrogen) atoms. The molecule has 0 bridgehead atoms. The van der Waals surface area contributed by atoms with Crippen molar-refractivity contribution >= 4 is 28.9 Å². The quantitative estimate of drug-likeness (QED) is 0.631. The molecule has 0 aliphatic rings. The molecule has 0 radical (unpaired) electrons. The van der Waals surface area contributed by atoms with E-state index in [9.17, 15) is 5.11 Å². The second kappa shape index (κ2) is 6.25. The number of hydrogen-bond donors (Lipinski definition) is 2. The second-order valence-corrected chi connectivity index (χ2v) is 5.26. The topological polar surface area (TPSA) is 41.5 Å². The third-order valence-electron chi connectivity index (χ3n) is 2.94. The van der Waals surface area contributed by atoms with Gasteiger partial charge in [-0.25, -0.2) is 0 Å². The van der Waals surface area contributed by atoms with Crippen molar-refractivity contribution in [2.75, 3.05) is 12.0 Å². The smallest absolute Gasteiger partial charge is 0.159 e. The van der Waals surface area contributed by atoms with Crippen molar-refractivity contribution in [3.05, 3.63) is 51.5 Å². The molecule has 2 rings (SSSR count). The lowest BCUT2D eigenvalue weighted by molar-refractivity contribution is 0.345. The van der Waals surface area contributed by atoms with Gasteiger partial charge in [-0.3, -0.25) is 0 Å². The van der Waals surface area contributed by atoms with Crippen LogP contribution in [-0.2, 0) is 0 Å². The summed E-state index contributed by atoms with van der Waals surface area (Å²) < 4.78 is 5.52. The molecule has 106 valence electrons. The zero-order chi connectivity index (χ0) is 14.7. The molecule has 3 nitrogen and oxygen atoms in total. The maximum absolute atomic E-state index is 9.93. The number of rotatable bonds is 4. The van der Waals surface area contributed by atoms with Crippen molar-refractivity contribution in [3.63, 3.8) is 0 Å². The van der Waals surface area contributed by atoms with Crippen LogP contribution in [-0.4, -0.2) is 11.8 Å². The highest BCUT2D eigenvalue weighted by Crippen LogP contribution is 2.38. The predicted molar refractivity (Wildman–Crippen MR) is 83.2 cm³/mol. The van der Waals surface area contributed by atoms with E-state index in [1.54, 1.807) is 13.0 Å². The van der Waals surface area contributed by atoms with Crippen LogP contribution in [0.25, 0.3) is 0 Å². The summed E-state index contributed by atoms with van der Waals surface area (Å²) in [5.41, 5.74) is 2.26. The van der Waals surface area contributed by atoms with Gasteiger partial charge in [0, 0.05) is 5.02 Å².